The van der Waals surface area contributed by atoms with E-state index in [1.165, 1.54) is 4.68 Å². The number of carbonyl (C=O) groups is 1. The van der Waals surface area contributed by atoms with Crippen molar-refractivity contribution >= 4 is 27.9 Å². The fraction of sp³-hybridized carbons (Fsp3) is 0.167. The average molecular weight is 352 g/mol. The number of nitrogens with one attached hydrogen (secondary N) is 1. The highest BCUT2D eigenvalue weighted by Gasteiger charge is 2.17. The molecule has 0 aliphatic carbocycles. The van der Waals surface area contributed by atoms with Crippen molar-refractivity contribution in [2.24, 2.45) is 7.05 Å². The Morgan fingerprint density at radius 2 is 2.14 bits per heavy atom. The molecule has 0 unspecified atom stereocenters. The molecule has 1 N–H and O–H groups in total. The molecule has 3 rings (SSSR count). The lowest BCUT2D eigenvalue weighted by Gasteiger charge is -1.99. The van der Waals surface area contributed by atoms with Gasteiger partial charge in [0.2, 0.25) is 0 Å². The van der Waals surface area contributed by atoms with Crippen LogP contribution in [0.25, 0.3) is 11.7 Å². The summed E-state index contributed by atoms with van der Waals surface area (Å²) in [5.41, 5.74) is 1.14. The van der Waals surface area contributed by atoms with Crippen molar-refractivity contribution in [3.05, 3.63) is 34.3 Å². The molecule has 0 aliphatic rings. The Morgan fingerprint density at radius 1 is 1.33 bits per heavy atom. The fourth-order valence-electron chi connectivity index (χ4n) is 1.79. The van der Waals surface area contributed by atoms with Crippen LogP contribution in [-0.4, -0.2) is 25.9 Å². The van der Waals surface area contributed by atoms with Crippen molar-refractivity contribution < 1.29 is 13.6 Å². The molecule has 0 saturated heterocycles. The van der Waals surface area contributed by atoms with E-state index in [4.69, 9.17) is 8.83 Å². The summed E-state index contributed by atoms with van der Waals surface area (Å²) in [6.07, 6.45) is 0. The molecule has 0 aromatic carbocycles. The standard InChI is InChI=1S/C12H10BrN5O3/c1-6-5-7(18(2)17-6)10(19)14-12-16-15-11(21-12)8-3-4-9(13)20-8/h3-5H,1-2H3,(H,14,16,19). The highest BCUT2D eigenvalue weighted by molar-refractivity contribution is 9.10. The van der Waals surface area contributed by atoms with Crippen molar-refractivity contribution in [2.45, 2.75) is 6.92 Å². The van der Waals surface area contributed by atoms with Gasteiger partial charge in [0, 0.05) is 7.05 Å². The first-order valence-electron chi connectivity index (χ1n) is 5.94. The lowest BCUT2D eigenvalue weighted by atomic mass is 10.3. The summed E-state index contributed by atoms with van der Waals surface area (Å²) in [5, 5.41) is 14.2. The summed E-state index contributed by atoms with van der Waals surface area (Å²) >= 11 is 3.18. The van der Waals surface area contributed by atoms with Gasteiger partial charge >= 0.3 is 6.01 Å². The van der Waals surface area contributed by atoms with E-state index in [-0.39, 0.29) is 17.8 Å². The molecule has 0 atom stereocenters. The Labute approximate surface area is 127 Å². The lowest BCUT2D eigenvalue weighted by Crippen LogP contribution is -2.16. The summed E-state index contributed by atoms with van der Waals surface area (Å²) < 4.78 is 12.6. The summed E-state index contributed by atoms with van der Waals surface area (Å²) in [7, 11) is 1.68. The predicted molar refractivity (Wildman–Crippen MR) is 75.6 cm³/mol. The highest BCUT2D eigenvalue weighted by Crippen LogP contribution is 2.24. The van der Waals surface area contributed by atoms with E-state index in [0.717, 1.165) is 5.69 Å². The Hall–Kier alpha value is -2.42. The van der Waals surface area contributed by atoms with Crippen molar-refractivity contribution in [2.75, 3.05) is 5.32 Å². The van der Waals surface area contributed by atoms with Crippen molar-refractivity contribution in [3.8, 4) is 11.7 Å². The smallest absolute Gasteiger partial charge is 0.322 e. The van der Waals surface area contributed by atoms with Crippen LogP contribution in [0.1, 0.15) is 16.2 Å². The van der Waals surface area contributed by atoms with E-state index in [1.807, 2.05) is 0 Å². The molecule has 3 heterocycles. The number of rotatable bonds is 3. The van der Waals surface area contributed by atoms with E-state index < -0.39 is 0 Å². The first kappa shape index (κ1) is 13.6. The summed E-state index contributed by atoms with van der Waals surface area (Å²) in [6.45, 7) is 1.80. The van der Waals surface area contributed by atoms with Gasteiger partial charge in [0.15, 0.2) is 10.4 Å². The summed E-state index contributed by atoms with van der Waals surface area (Å²) in [5.74, 6) is 0.206. The van der Waals surface area contributed by atoms with Gasteiger partial charge in [0.25, 0.3) is 11.8 Å². The molecular weight excluding hydrogens is 342 g/mol. The number of anilines is 1. The molecule has 108 valence electrons. The minimum absolute atomic E-state index is 0.0126. The van der Waals surface area contributed by atoms with E-state index >= 15 is 0 Å². The Morgan fingerprint density at radius 3 is 2.76 bits per heavy atom. The van der Waals surface area contributed by atoms with E-state index in [2.05, 4.69) is 36.5 Å². The average Bonchev–Trinajstić information content (AvgIpc) is 3.10. The van der Waals surface area contributed by atoms with E-state index in [9.17, 15) is 4.79 Å². The second-order valence-electron chi connectivity index (χ2n) is 4.26. The van der Waals surface area contributed by atoms with Crippen LogP contribution >= 0.6 is 15.9 Å². The second-order valence-corrected chi connectivity index (χ2v) is 5.05. The molecule has 8 nitrogen and oxygen atoms in total. The molecule has 1 amide bonds. The molecule has 0 aliphatic heterocycles. The van der Waals surface area contributed by atoms with Crippen molar-refractivity contribution in [1.82, 2.24) is 20.0 Å². The Kier molecular flexibility index (Phi) is 3.34. The molecule has 0 bridgehead atoms. The SMILES string of the molecule is Cc1cc(C(=O)Nc2nnc(-c3ccc(Br)o3)o2)n(C)n1. The molecule has 0 spiro atoms. The quantitative estimate of drug-likeness (QED) is 0.777. The van der Waals surface area contributed by atoms with Crippen LogP contribution in [0.4, 0.5) is 6.01 Å². The maximum absolute atomic E-state index is 12.1. The van der Waals surface area contributed by atoms with Crippen LogP contribution in [0.15, 0.2) is 31.7 Å². The molecular formula is C12H10BrN5O3. The number of carbonyl (C=O) groups excluding carboxylic acids is 1. The van der Waals surface area contributed by atoms with Gasteiger partial charge in [0.1, 0.15) is 5.69 Å². The Bertz CT molecular complexity index is 804. The van der Waals surface area contributed by atoms with Gasteiger partial charge in [-0.3, -0.25) is 14.8 Å². The third-order valence-electron chi connectivity index (χ3n) is 2.66. The van der Waals surface area contributed by atoms with E-state index in [1.54, 1.807) is 32.2 Å². The van der Waals surface area contributed by atoms with Crippen LogP contribution in [0.3, 0.4) is 0 Å². The minimum atomic E-state index is -0.381. The number of amides is 1. The van der Waals surface area contributed by atoms with Crippen LogP contribution in [0, 0.1) is 6.92 Å². The summed E-state index contributed by atoms with van der Waals surface area (Å²) in [4.78, 5) is 12.1. The first-order chi connectivity index (χ1) is 10.0. The van der Waals surface area contributed by atoms with Crippen molar-refractivity contribution in [1.29, 1.82) is 0 Å². The fourth-order valence-corrected chi connectivity index (χ4v) is 2.09. The van der Waals surface area contributed by atoms with Gasteiger partial charge in [-0.25, -0.2) is 0 Å². The molecule has 0 fully saturated rings. The number of nitrogens with zero attached hydrogens (tertiary/aromatic N) is 4. The topological polar surface area (TPSA) is 99.0 Å². The van der Waals surface area contributed by atoms with Gasteiger partial charge in [-0.2, -0.15) is 5.10 Å². The molecule has 3 aromatic rings. The zero-order valence-electron chi connectivity index (χ0n) is 11.1. The van der Waals surface area contributed by atoms with Crippen LogP contribution in [0.2, 0.25) is 0 Å². The van der Waals surface area contributed by atoms with E-state index in [0.29, 0.717) is 16.1 Å². The van der Waals surface area contributed by atoms with Crippen LogP contribution < -0.4 is 5.32 Å². The molecule has 0 saturated carbocycles. The Balaban J connectivity index is 1.78. The summed E-state index contributed by atoms with van der Waals surface area (Å²) in [6, 6.07) is 5.03. The lowest BCUT2D eigenvalue weighted by molar-refractivity contribution is 0.101. The second kappa shape index (κ2) is 5.17. The number of halogens is 1. The van der Waals surface area contributed by atoms with Gasteiger partial charge in [-0.1, -0.05) is 5.10 Å². The normalized spacial score (nSPS) is 10.8. The molecule has 3 aromatic heterocycles. The number of aromatic nitrogens is 4. The molecule has 0 radical (unpaired) electrons. The van der Waals surface area contributed by atoms with Crippen molar-refractivity contribution in [3.63, 3.8) is 0 Å². The van der Waals surface area contributed by atoms with Gasteiger partial charge in [0.05, 0.1) is 5.69 Å². The number of furan rings is 1. The monoisotopic (exact) mass is 351 g/mol. The maximum Gasteiger partial charge on any atom is 0.322 e. The van der Waals surface area contributed by atoms with Gasteiger partial charge in [-0.05, 0) is 41.1 Å². The zero-order valence-corrected chi connectivity index (χ0v) is 12.7. The first-order valence-corrected chi connectivity index (χ1v) is 6.73. The number of hydrogen-bond donors (Lipinski definition) is 1. The maximum atomic E-state index is 12.1. The molecule has 9 heteroatoms. The van der Waals surface area contributed by atoms with Crippen LogP contribution in [0.5, 0.6) is 0 Å². The van der Waals surface area contributed by atoms with Gasteiger partial charge < -0.3 is 8.83 Å². The largest absolute Gasteiger partial charge is 0.444 e. The highest BCUT2D eigenvalue weighted by atomic mass is 79.9. The van der Waals surface area contributed by atoms with Gasteiger partial charge in [-0.15, -0.1) is 5.10 Å². The van der Waals surface area contributed by atoms with Crippen LogP contribution in [-0.2, 0) is 7.05 Å². The third kappa shape index (κ3) is 2.72. The zero-order chi connectivity index (χ0) is 15.0. The predicted octanol–water partition coefficient (Wildman–Crippen LogP) is 2.39. The molecule has 21 heavy (non-hydrogen) atoms. The minimum Gasteiger partial charge on any atom is -0.444 e. The number of hydrogen-bond acceptors (Lipinski definition) is 6. The third-order valence-corrected chi connectivity index (χ3v) is 3.09. The number of aryl methyl sites for hydroxylation is 2.